The van der Waals surface area contributed by atoms with Crippen LogP contribution in [0.4, 0.5) is 5.82 Å². The monoisotopic (exact) mass is 223 g/mol. The van der Waals surface area contributed by atoms with Crippen LogP contribution in [-0.4, -0.2) is 29.2 Å². The van der Waals surface area contributed by atoms with Gasteiger partial charge in [0.2, 0.25) is 0 Å². The van der Waals surface area contributed by atoms with Gasteiger partial charge in [-0.15, -0.1) is 0 Å². The minimum absolute atomic E-state index is 0.311. The Morgan fingerprint density at radius 1 is 1.38 bits per heavy atom. The molecule has 0 saturated carbocycles. The summed E-state index contributed by atoms with van der Waals surface area (Å²) in [5.74, 6) is 0.899. The minimum atomic E-state index is 0.311. The molecule has 0 spiro atoms. The first-order valence-corrected chi connectivity index (χ1v) is 5.88. The van der Waals surface area contributed by atoms with Crippen LogP contribution >= 0.6 is 0 Å². The molecule has 1 N–H and O–H groups in total. The third-order valence-corrected chi connectivity index (χ3v) is 2.16. The topological polar surface area (TPSA) is 47.0 Å². The third kappa shape index (κ3) is 5.07. The molecule has 0 aromatic carbocycles. The minimum Gasteiger partial charge on any atom is -0.379 e. The lowest BCUT2D eigenvalue weighted by Crippen LogP contribution is -2.10. The molecule has 0 fully saturated rings. The van der Waals surface area contributed by atoms with E-state index in [1.165, 1.54) is 0 Å². The lowest BCUT2D eigenvalue weighted by molar-refractivity contribution is 0.0787. The van der Waals surface area contributed by atoms with Crippen molar-refractivity contribution >= 4 is 5.82 Å². The Balaban J connectivity index is 2.21. The second-order valence-electron chi connectivity index (χ2n) is 3.95. The van der Waals surface area contributed by atoms with E-state index >= 15 is 0 Å². The molecule has 0 aliphatic rings. The molecule has 1 heterocycles. The molecule has 4 heteroatoms. The smallest absolute Gasteiger partial charge is 0.129 e. The van der Waals surface area contributed by atoms with Crippen molar-refractivity contribution in [1.82, 2.24) is 9.97 Å². The highest BCUT2D eigenvalue weighted by molar-refractivity contribution is 5.34. The molecular weight excluding hydrogens is 202 g/mol. The van der Waals surface area contributed by atoms with Crippen LogP contribution < -0.4 is 5.32 Å². The van der Waals surface area contributed by atoms with E-state index in [-0.39, 0.29) is 0 Å². The molecule has 0 bridgehead atoms. The van der Waals surface area contributed by atoms with Crippen molar-refractivity contribution < 1.29 is 4.74 Å². The Bertz CT molecular complexity index is 302. The van der Waals surface area contributed by atoms with Crippen molar-refractivity contribution in [2.45, 2.75) is 39.7 Å². The Morgan fingerprint density at radius 3 is 2.88 bits per heavy atom. The van der Waals surface area contributed by atoms with Crippen molar-refractivity contribution in [1.29, 1.82) is 0 Å². The predicted molar refractivity (Wildman–Crippen MR) is 65.6 cm³/mol. The van der Waals surface area contributed by atoms with E-state index in [0.717, 1.165) is 37.5 Å². The molecule has 0 aliphatic heterocycles. The summed E-state index contributed by atoms with van der Waals surface area (Å²) in [4.78, 5) is 8.31. The third-order valence-electron chi connectivity index (χ3n) is 2.16. The maximum absolute atomic E-state index is 5.45. The van der Waals surface area contributed by atoms with Gasteiger partial charge >= 0.3 is 0 Å². The molecule has 1 rings (SSSR count). The zero-order chi connectivity index (χ0) is 11.8. The van der Waals surface area contributed by atoms with Crippen LogP contribution in [0.15, 0.2) is 12.4 Å². The van der Waals surface area contributed by atoms with Gasteiger partial charge in [-0.3, -0.25) is 0 Å². The SMILES string of the molecule is CCc1cc(NCCCOC(C)C)ncn1. The van der Waals surface area contributed by atoms with Gasteiger partial charge in [-0.1, -0.05) is 6.92 Å². The second kappa shape index (κ2) is 7.17. The summed E-state index contributed by atoms with van der Waals surface area (Å²) in [6.45, 7) is 7.85. The molecule has 0 saturated heterocycles. The van der Waals surface area contributed by atoms with Gasteiger partial charge in [-0.25, -0.2) is 9.97 Å². The Morgan fingerprint density at radius 2 is 2.19 bits per heavy atom. The van der Waals surface area contributed by atoms with E-state index in [9.17, 15) is 0 Å². The second-order valence-corrected chi connectivity index (χ2v) is 3.95. The van der Waals surface area contributed by atoms with E-state index in [2.05, 4.69) is 22.2 Å². The zero-order valence-electron chi connectivity index (χ0n) is 10.4. The van der Waals surface area contributed by atoms with Gasteiger partial charge in [0.15, 0.2) is 0 Å². The largest absolute Gasteiger partial charge is 0.379 e. The van der Waals surface area contributed by atoms with Gasteiger partial charge in [-0.05, 0) is 26.7 Å². The molecule has 0 atom stereocenters. The van der Waals surface area contributed by atoms with Crippen molar-refractivity contribution in [3.05, 3.63) is 18.1 Å². The summed E-state index contributed by atoms with van der Waals surface area (Å²) in [6.07, 6.45) is 3.84. The Hall–Kier alpha value is -1.16. The molecule has 0 amide bonds. The van der Waals surface area contributed by atoms with E-state index in [0.29, 0.717) is 6.10 Å². The van der Waals surface area contributed by atoms with Crippen LogP contribution in [0.25, 0.3) is 0 Å². The van der Waals surface area contributed by atoms with Crippen LogP contribution in [0, 0.1) is 0 Å². The van der Waals surface area contributed by atoms with E-state index < -0.39 is 0 Å². The number of hydrogen-bond donors (Lipinski definition) is 1. The Labute approximate surface area is 97.5 Å². The zero-order valence-corrected chi connectivity index (χ0v) is 10.4. The number of anilines is 1. The van der Waals surface area contributed by atoms with Crippen molar-refractivity contribution in [2.75, 3.05) is 18.5 Å². The lowest BCUT2D eigenvalue weighted by atomic mass is 10.3. The summed E-state index contributed by atoms with van der Waals surface area (Å²) in [7, 11) is 0. The normalized spacial score (nSPS) is 10.8. The van der Waals surface area contributed by atoms with Crippen LogP contribution in [-0.2, 0) is 11.2 Å². The molecule has 16 heavy (non-hydrogen) atoms. The summed E-state index contributed by atoms with van der Waals surface area (Å²) < 4.78 is 5.45. The molecule has 90 valence electrons. The average molecular weight is 223 g/mol. The lowest BCUT2D eigenvalue weighted by Gasteiger charge is -2.08. The number of aromatic nitrogens is 2. The van der Waals surface area contributed by atoms with Gasteiger partial charge in [0.1, 0.15) is 12.1 Å². The standard InChI is InChI=1S/C12H21N3O/c1-4-11-8-12(15-9-14-11)13-6-5-7-16-10(2)3/h8-10H,4-7H2,1-3H3,(H,13,14,15). The molecule has 0 radical (unpaired) electrons. The van der Waals surface area contributed by atoms with Crippen molar-refractivity contribution in [2.24, 2.45) is 0 Å². The summed E-state index contributed by atoms with van der Waals surface area (Å²) in [5, 5.41) is 3.26. The van der Waals surface area contributed by atoms with Crippen LogP contribution in [0.2, 0.25) is 0 Å². The number of ether oxygens (including phenoxy) is 1. The van der Waals surface area contributed by atoms with Gasteiger partial charge in [-0.2, -0.15) is 0 Å². The molecule has 4 nitrogen and oxygen atoms in total. The fourth-order valence-corrected chi connectivity index (χ4v) is 1.30. The molecule has 1 aromatic heterocycles. The first kappa shape index (κ1) is 12.9. The maximum Gasteiger partial charge on any atom is 0.129 e. The van der Waals surface area contributed by atoms with Crippen LogP contribution in [0.3, 0.4) is 0 Å². The summed E-state index contributed by atoms with van der Waals surface area (Å²) in [5.41, 5.74) is 1.07. The fourth-order valence-electron chi connectivity index (χ4n) is 1.30. The first-order chi connectivity index (χ1) is 7.72. The number of hydrogen-bond acceptors (Lipinski definition) is 4. The molecular formula is C12H21N3O. The highest BCUT2D eigenvalue weighted by Gasteiger charge is 1.97. The van der Waals surface area contributed by atoms with E-state index in [1.54, 1.807) is 6.33 Å². The quantitative estimate of drug-likeness (QED) is 0.720. The number of nitrogens with zero attached hydrogens (tertiary/aromatic N) is 2. The van der Waals surface area contributed by atoms with Crippen LogP contribution in [0.1, 0.15) is 32.9 Å². The fraction of sp³-hybridized carbons (Fsp3) is 0.667. The van der Waals surface area contributed by atoms with Gasteiger partial charge < -0.3 is 10.1 Å². The number of aryl methyl sites for hydroxylation is 1. The van der Waals surface area contributed by atoms with E-state index in [1.807, 2.05) is 19.9 Å². The highest BCUT2D eigenvalue weighted by atomic mass is 16.5. The molecule has 0 aliphatic carbocycles. The Kier molecular flexibility index (Phi) is 5.78. The van der Waals surface area contributed by atoms with Gasteiger partial charge in [0.25, 0.3) is 0 Å². The number of nitrogens with one attached hydrogen (secondary N) is 1. The average Bonchev–Trinajstić information content (AvgIpc) is 2.28. The predicted octanol–water partition coefficient (Wildman–Crippen LogP) is 2.27. The van der Waals surface area contributed by atoms with Gasteiger partial charge in [0, 0.05) is 24.9 Å². The van der Waals surface area contributed by atoms with Crippen LogP contribution in [0.5, 0.6) is 0 Å². The molecule has 0 unspecified atom stereocenters. The maximum atomic E-state index is 5.45. The number of rotatable bonds is 7. The van der Waals surface area contributed by atoms with Gasteiger partial charge in [0.05, 0.1) is 6.10 Å². The first-order valence-electron chi connectivity index (χ1n) is 5.88. The van der Waals surface area contributed by atoms with Crippen molar-refractivity contribution in [3.63, 3.8) is 0 Å². The summed E-state index contributed by atoms with van der Waals surface area (Å²) >= 11 is 0. The van der Waals surface area contributed by atoms with E-state index in [4.69, 9.17) is 4.74 Å². The molecule has 1 aromatic rings. The highest BCUT2D eigenvalue weighted by Crippen LogP contribution is 2.04. The summed E-state index contributed by atoms with van der Waals surface area (Å²) in [6, 6.07) is 1.99. The van der Waals surface area contributed by atoms with Crippen molar-refractivity contribution in [3.8, 4) is 0 Å².